The van der Waals surface area contributed by atoms with E-state index in [2.05, 4.69) is 5.32 Å². The summed E-state index contributed by atoms with van der Waals surface area (Å²) in [4.78, 5) is 10.5. The van der Waals surface area contributed by atoms with Crippen LogP contribution >= 0.6 is 0 Å². The summed E-state index contributed by atoms with van der Waals surface area (Å²) in [5.41, 5.74) is 1.04. The molecule has 1 aromatic rings. The minimum absolute atomic E-state index is 0.177. The third-order valence-corrected chi connectivity index (χ3v) is 4.29. The summed E-state index contributed by atoms with van der Waals surface area (Å²) >= 11 is 0. The van der Waals surface area contributed by atoms with Gasteiger partial charge >= 0.3 is 5.97 Å². The van der Waals surface area contributed by atoms with Gasteiger partial charge in [0.25, 0.3) is 0 Å². The van der Waals surface area contributed by atoms with Crippen molar-refractivity contribution >= 4 is 5.97 Å². The van der Waals surface area contributed by atoms with E-state index in [0.29, 0.717) is 6.42 Å². The van der Waals surface area contributed by atoms with Gasteiger partial charge in [0, 0.05) is 6.42 Å². The number of ether oxygens (including phenoxy) is 1. The molecule has 1 fully saturated rings. The Bertz CT molecular complexity index is 438. The van der Waals surface area contributed by atoms with Crippen LogP contribution in [0, 0.1) is 5.92 Å². The minimum Gasteiger partial charge on any atom is -0.494 e. The molecule has 1 aromatic carbocycles. The molecule has 0 atom stereocenters. The fraction of sp³-hybridized carbons (Fsp3) is 0.611. The van der Waals surface area contributed by atoms with Gasteiger partial charge in [-0.05, 0) is 68.8 Å². The number of hydrogen-bond acceptors (Lipinski definition) is 3. The number of aliphatic carboxylic acids is 1. The monoisotopic (exact) mass is 305 g/mol. The van der Waals surface area contributed by atoms with Crippen molar-refractivity contribution in [3.8, 4) is 5.75 Å². The highest BCUT2D eigenvalue weighted by atomic mass is 16.5. The second-order valence-corrected chi connectivity index (χ2v) is 6.08. The van der Waals surface area contributed by atoms with Crippen LogP contribution < -0.4 is 10.1 Å². The summed E-state index contributed by atoms with van der Waals surface area (Å²) in [6.45, 7) is 3.12. The normalized spacial score (nSPS) is 15.6. The number of carboxylic acid groups (broad SMARTS) is 1. The summed E-state index contributed by atoms with van der Waals surface area (Å²) in [6.07, 6.45) is 7.05. The molecule has 0 aromatic heterocycles. The highest BCUT2D eigenvalue weighted by Gasteiger charge is 2.11. The van der Waals surface area contributed by atoms with Gasteiger partial charge in [0.05, 0.1) is 6.61 Å². The van der Waals surface area contributed by atoms with Crippen LogP contribution in [0.5, 0.6) is 5.75 Å². The number of carboxylic acids is 1. The zero-order valence-corrected chi connectivity index (χ0v) is 13.2. The van der Waals surface area contributed by atoms with E-state index < -0.39 is 5.97 Å². The number of rotatable bonds is 9. The fourth-order valence-electron chi connectivity index (χ4n) is 2.90. The summed E-state index contributed by atoms with van der Waals surface area (Å²) in [6, 6.07) is 7.77. The van der Waals surface area contributed by atoms with Gasteiger partial charge in [0.2, 0.25) is 0 Å². The molecule has 2 N–H and O–H groups in total. The van der Waals surface area contributed by atoms with Crippen molar-refractivity contribution in [3.05, 3.63) is 29.8 Å². The van der Waals surface area contributed by atoms with E-state index in [1.165, 1.54) is 38.8 Å². The Morgan fingerprint density at radius 1 is 1.18 bits per heavy atom. The largest absolute Gasteiger partial charge is 0.494 e. The third-order valence-electron chi connectivity index (χ3n) is 4.29. The molecule has 0 amide bonds. The van der Waals surface area contributed by atoms with Crippen molar-refractivity contribution in [2.75, 3.05) is 19.7 Å². The quantitative estimate of drug-likeness (QED) is 0.688. The number of aryl methyl sites for hydroxylation is 1. The summed E-state index contributed by atoms with van der Waals surface area (Å²) in [5.74, 6) is 1.02. The van der Waals surface area contributed by atoms with Crippen molar-refractivity contribution < 1.29 is 14.6 Å². The van der Waals surface area contributed by atoms with Crippen molar-refractivity contribution in [2.24, 2.45) is 5.92 Å². The number of unbranched alkanes of at least 4 members (excludes halogenated alkanes) is 1. The predicted octanol–water partition coefficient (Wildman–Crippen LogP) is 3.25. The first-order valence-corrected chi connectivity index (χ1v) is 8.38. The van der Waals surface area contributed by atoms with Gasteiger partial charge in [-0.2, -0.15) is 0 Å². The van der Waals surface area contributed by atoms with Gasteiger partial charge in [0.15, 0.2) is 0 Å². The zero-order chi connectivity index (χ0) is 15.6. The molecule has 22 heavy (non-hydrogen) atoms. The molecule has 122 valence electrons. The lowest BCUT2D eigenvalue weighted by atomic mass is 9.93. The van der Waals surface area contributed by atoms with Crippen LogP contribution in [0.1, 0.15) is 44.1 Å². The van der Waals surface area contributed by atoms with Crippen LogP contribution in [0.25, 0.3) is 0 Å². The molecule has 0 radical (unpaired) electrons. The molecule has 0 aliphatic carbocycles. The fourth-order valence-corrected chi connectivity index (χ4v) is 2.90. The second kappa shape index (κ2) is 9.46. The van der Waals surface area contributed by atoms with Crippen molar-refractivity contribution in [2.45, 2.75) is 44.9 Å². The number of piperidine rings is 1. The Labute approximate surface area is 132 Å². The zero-order valence-electron chi connectivity index (χ0n) is 13.2. The molecule has 0 unspecified atom stereocenters. The smallest absolute Gasteiger partial charge is 0.303 e. The maximum atomic E-state index is 10.5. The maximum Gasteiger partial charge on any atom is 0.303 e. The Morgan fingerprint density at radius 2 is 1.91 bits per heavy atom. The molecule has 1 aliphatic heterocycles. The van der Waals surface area contributed by atoms with Crippen LogP contribution in [0.15, 0.2) is 24.3 Å². The van der Waals surface area contributed by atoms with E-state index in [1.54, 1.807) is 0 Å². The molecular formula is C18H27NO3. The number of benzene rings is 1. The van der Waals surface area contributed by atoms with Gasteiger partial charge in [-0.3, -0.25) is 4.79 Å². The summed E-state index contributed by atoms with van der Waals surface area (Å²) in [5, 5.41) is 12.1. The molecule has 0 saturated carbocycles. The molecule has 0 spiro atoms. The Balaban J connectivity index is 1.57. The van der Waals surface area contributed by atoms with Crippen LogP contribution in [0.3, 0.4) is 0 Å². The lowest BCUT2D eigenvalue weighted by Gasteiger charge is -2.22. The molecular weight excluding hydrogens is 278 g/mol. The van der Waals surface area contributed by atoms with Gasteiger partial charge in [-0.1, -0.05) is 18.6 Å². The van der Waals surface area contributed by atoms with Gasteiger partial charge in [-0.25, -0.2) is 0 Å². The standard InChI is InChI=1S/C18H27NO3/c20-18(21)9-6-16-4-7-17(8-5-16)22-14-2-1-3-15-10-12-19-13-11-15/h4-5,7-8,15,19H,1-3,6,9-14H2,(H,20,21). The van der Waals surface area contributed by atoms with Gasteiger partial charge in [-0.15, -0.1) is 0 Å². The highest BCUT2D eigenvalue weighted by molar-refractivity contribution is 5.67. The van der Waals surface area contributed by atoms with Crippen LogP contribution in [-0.2, 0) is 11.2 Å². The first-order valence-electron chi connectivity index (χ1n) is 8.38. The van der Waals surface area contributed by atoms with Crippen molar-refractivity contribution in [1.82, 2.24) is 5.32 Å². The maximum absolute atomic E-state index is 10.5. The molecule has 0 bridgehead atoms. The van der Waals surface area contributed by atoms with Crippen LogP contribution in [0.4, 0.5) is 0 Å². The van der Waals surface area contributed by atoms with Crippen molar-refractivity contribution in [3.63, 3.8) is 0 Å². The SMILES string of the molecule is O=C(O)CCc1ccc(OCCCCC2CCNCC2)cc1. The molecule has 4 nitrogen and oxygen atoms in total. The van der Waals surface area contributed by atoms with E-state index >= 15 is 0 Å². The lowest BCUT2D eigenvalue weighted by Crippen LogP contribution is -2.27. The second-order valence-electron chi connectivity index (χ2n) is 6.08. The van der Waals surface area contributed by atoms with E-state index in [4.69, 9.17) is 9.84 Å². The Morgan fingerprint density at radius 3 is 2.59 bits per heavy atom. The van der Waals surface area contributed by atoms with E-state index in [1.807, 2.05) is 24.3 Å². The molecule has 2 rings (SSSR count). The Hall–Kier alpha value is -1.55. The topological polar surface area (TPSA) is 58.6 Å². The number of hydrogen-bond donors (Lipinski definition) is 2. The Kier molecular flexibility index (Phi) is 7.23. The summed E-state index contributed by atoms with van der Waals surface area (Å²) in [7, 11) is 0. The lowest BCUT2D eigenvalue weighted by molar-refractivity contribution is -0.136. The average Bonchev–Trinajstić information content (AvgIpc) is 2.54. The van der Waals surface area contributed by atoms with E-state index in [0.717, 1.165) is 30.3 Å². The molecule has 1 saturated heterocycles. The highest BCUT2D eigenvalue weighted by Crippen LogP contribution is 2.19. The van der Waals surface area contributed by atoms with Crippen molar-refractivity contribution in [1.29, 1.82) is 0 Å². The number of nitrogens with one attached hydrogen (secondary N) is 1. The van der Waals surface area contributed by atoms with Crippen LogP contribution in [-0.4, -0.2) is 30.8 Å². The van der Waals surface area contributed by atoms with Crippen LogP contribution in [0.2, 0.25) is 0 Å². The van der Waals surface area contributed by atoms with E-state index in [9.17, 15) is 4.79 Å². The predicted molar refractivity (Wildman–Crippen MR) is 87.3 cm³/mol. The average molecular weight is 305 g/mol. The van der Waals surface area contributed by atoms with E-state index in [-0.39, 0.29) is 6.42 Å². The molecule has 1 heterocycles. The summed E-state index contributed by atoms with van der Waals surface area (Å²) < 4.78 is 5.75. The van der Waals surface area contributed by atoms with Gasteiger partial charge < -0.3 is 15.2 Å². The molecule has 1 aliphatic rings. The first-order chi connectivity index (χ1) is 10.7. The first kappa shape index (κ1) is 16.8. The number of carbonyl (C=O) groups is 1. The van der Waals surface area contributed by atoms with Gasteiger partial charge in [0.1, 0.15) is 5.75 Å². The third kappa shape index (κ3) is 6.48. The molecule has 4 heteroatoms. The minimum atomic E-state index is -0.755.